The summed E-state index contributed by atoms with van der Waals surface area (Å²) in [4.78, 5) is 32.6. The van der Waals surface area contributed by atoms with Crippen molar-refractivity contribution in [2.45, 2.75) is 12.8 Å². The van der Waals surface area contributed by atoms with Crippen molar-refractivity contribution in [3.8, 4) is 11.6 Å². The Hall–Kier alpha value is -3.40. The number of anilines is 2. The second-order valence-electron chi connectivity index (χ2n) is 6.98. The summed E-state index contributed by atoms with van der Waals surface area (Å²) in [5, 5.41) is 10.5. The molecule has 1 saturated carbocycles. The number of nitrogens with zero attached hydrogens (tertiary/aromatic N) is 4. The minimum atomic E-state index is -0.214. The minimum Gasteiger partial charge on any atom is -0.438 e. The lowest BCUT2D eigenvalue weighted by Gasteiger charge is -2.08. The van der Waals surface area contributed by atoms with Crippen LogP contribution in [-0.4, -0.2) is 43.8 Å². The fourth-order valence-electron chi connectivity index (χ4n) is 2.97. The summed E-state index contributed by atoms with van der Waals surface area (Å²) < 4.78 is 7.39. The Labute approximate surface area is 175 Å². The Morgan fingerprint density at radius 1 is 1.17 bits per heavy atom. The van der Waals surface area contributed by atoms with Gasteiger partial charge in [0, 0.05) is 36.0 Å². The lowest BCUT2D eigenvalue weighted by Crippen LogP contribution is -2.18. The summed E-state index contributed by atoms with van der Waals surface area (Å²) in [7, 11) is 0. The van der Waals surface area contributed by atoms with Crippen molar-refractivity contribution in [2.75, 3.05) is 22.9 Å². The van der Waals surface area contributed by atoms with Crippen LogP contribution in [0, 0.1) is 5.92 Å². The maximum Gasteiger partial charge on any atom is 0.280 e. The first-order valence-corrected chi connectivity index (χ1v) is 10.6. The van der Waals surface area contributed by atoms with Gasteiger partial charge in [-0.15, -0.1) is 5.10 Å². The van der Waals surface area contributed by atoms with E-state index in [0.717, 1.165) is 18.6 Å². The Bertz CT molecular complexity index is 1170. The number of hydrogen-bond donors (Lipinski definition) is 2. The van der Waals surface area contributed by atoms with Crippen LogP contribution in [0.4, 0.5) is 11.5 Å². The quantitative estimate of drug-likeness (QED) is 0.632. The highest BCUT2D eigenvalue weighted by Crippen LogP contribution is 2.30. The lowest BCUT2D eigenvalue weighted by atomic mass is 10.3. The summed E-state index contributed by atoms with van der Waals surface area (Å²) in [5.74, 6) is 2.08. The zero-order valence-electron chi connectivity index (χ0n) is 15.9. The number of nitrogens with one attached hydrogen (secondary N) is 2. The second-order valence-corrected chi connectivity index (χ2v) is 8.07. The van der Waals surface area contributed by atoms with E-state index in [4.69, 9.17) is 4.74 Å². The van der Waals surface area contributed by atoms with Gasteiger partial charge in [0.2, 0.25) is 11.8 Å². The highest BCUT2D eigenvalue weighted by atomic mass is 32.2. The average molecular weight is 422 g/mol. The molecule has 3 heterocycles. The molecule has 1 aliphatic carbocycles. The molecule has 2 aromatic heterocycles. The van der Waals surface area contributed by atoms with Crippen LogP contribution in [0.2, 0.25) is 0 Å². The van der Waals surface area contributed by atoms with E-state index in [-0.39, 0.29) is 17.7 Å². The first kappa shape index (κ1) is 18.6. The van der Waals surface area contributed by atoms with Gasteiger partial charge in [0.1, 0.15) is 5.75 Å². The summed E-state index contributed by atoms with van der Waals surface area (Å²) >= 11 is 1.45. The van der Waals surface area contributed by atoms with Gasteiger partial charge in [-0.3, -0.25) is 14.6 Å². The van der Waals surface area contributed by atoms with Crippen molar-refractivity contribution < 1.29 is 14.3 Å². The van der Waals surface area contributed by atoms with Gasteiger partial charge in [0.15, 0.2) is 16.5 Å². The van der Waals surface area contributed by atoms with Gasteiger partial charge in [-0.25, -0.2) is 9.50 Å². The molecule has 1 aliphatic heterocycles. The summed E-state index contributed by atoms with van der Waals surface area (Å²) in [6.45, 7) is 0.672. The maximum absolute atomic E-state index is 12.2. The van der Waals surface area contributed by atoms with Gasteiger partial charge in [0.05, 0.1) is 6.20 Å². The van der Waals surface area contributed by atoms with E-state index in [0.29, 0.717) is 40.4 Å². The SMILES string of the molecule is O=C(Nc1cccc(Oc2ccc3nc(NC(=O)C4CC4)cn3n2)c1)C1=NCCS1. The highest BCUT2D eigenvalue weighted by Gasteiger charge is 2.30. The molecule has 2 aliphatic rings. The maximum atomic E-state index is 12.2. The summed E-state index contributed by atoms with van der Waals surface area (Å²) in [6, 6.07) is 10.5. The number of aromatic nitrogens is 3. The van der Waals surface area contributed by atoms with E-state index in [9.17, 15) is 9.59 Å². The molecule has 1 fully saturated rings. The first-order valence-electron chi connectivity index (χ1n) is 9.58. The predicted octanol–water partition coefficient (Wildman–Crippen LogP) is 2.95. The Kier molecular flexibility index (Phi) is 4.83. The third-order valence-corrected chi connectivity index (χ3v) is 5.56. The molecule has 152 valence electrons. The summed E-state index contributed by atoms with van der Waals surface area (Å²) in [5.41, 5.74) is 1.21. The number of fused-ring (bicyclic) bond motifs is 1. The average Bonchev–Trinajstić information content (AvgIpc) is 3.29. The van der Waals surface area contributed by atoms with Crippen molar-refractivity contribution in [2.24, 2.45) is 10.9 Å². The number of amides is 2. The van der Waals surface area contributed by atoms with Gasteiger partial charge in [-0.1, -0.05) is 17.8 Å². The number of aliphatic imine (C=N–C) groups is 1. The molecular formula is C20H18N6O3S. The normalized spacial score (nSPS) is 15.7. The predicted molar refractivity (Wildman–Crippen MR) is 114 cm³/mol. The molecule has 3 aromatic rings. The van der Waals surface area contributed by atoms with Gasteiger partial charge in [0.25, 0.3) is 5.91 Å². The molecule has 2 amide bonds. The number of rotatable bonds is 6. The van der Waals surface area contributed by atoms with E-state index in [1.807, 2.05) is 0 Å². The molecule has 30 heavy (non-hydrogen) atoms. The number of ether oxygens (including phenoxy) is 1. The molecule has 2 N–H and O–H groups in total. The van der Waals surface area contributed by atoms with Crippen LogP contribution in [0.5, 0.6) is 11.6 Å². The zero-order valence-corrected chi connectivity index (χ0v) is 16.7. The lowest BCUT2D eigenvalue weighted by molar-refractivity contribution is -0.117. The smallest absolute Gasteiger partial charge is 0.280 e. The first-order chi connectivity index (χ1) is 14.6. The summed E-state index contributed by atoms with van der Waals surface area (Å²) in [6.07, 6.45) is 3.52. The number of hydrogen-bond acceptors (Lipinski definition) is 7. The number of benzene rings is 1. The van der Waals surface area contributed by atoms with Gasteiger partial charge >= 0.3 is 0 Å². The van der Waals surface area contributed by atoms with Crippen molar-refractivity contribution in [1.29, 1.82) is 0 Å². The fraction of sp³-hybridized carbons (Fsp3) is 0.250. The van der Waals surface area contributed by atoms with Crippen LogP contribution in [-0.2, 0) is 9.59 Å². The van der Waals surface area contributed by atoms with E-state index < -0.39 is 0 Å². The largest absolute Gasteiger partial charge is 0.438 e. The molecular weight excluding hydrogens is 404 g/mol. The number of thioether (sulfide) groups is 1. The van der Waals surface area contributed by atoms with Crippen molar-refractivity contribution in [3.05, 3.63) is 42.6 Å². The van der Waals surface area contributed by atoms with Crippen LogP contribution in [0.1, 0.15) is 12.8 Å². The van der Waals surface area contributed by atoms with Crippen molar-refractivity contribution in [3.63, 3.8) is 0 Å². The molecule has 10 heteroatoms. The molecule has 1 aromatic carbocycles. The van der Waals surface area contributed by atoms with Crippen molar-refractivity contribution >= 4 is 45.8 Å². The molecule has 0 bridgehead atoms. The molecule has 9 nitrogen and oxygen atoms in total. The Balaban J connectivity index is 1.28. The molecule has 0 unspecified atom stereocenters. The third kappa shape index (κ3) is 4.13. The number of carbonyl (C=O) groups is 2. The van der Waals surface area contributed by atoms with E-state index in [2.05, 4.69) is 25.7 Å². The van der Waals surface area contributed by atoms with Gasteiger partial charge in [-0.2, -0.15) is 0 Å². The van der Waals surface area contributed by atoms with Crippen LogP contribution >= 0.6 is 11.8 Å². The standard InChI is InChI=1S/C20H18N6O3S/c27-18(12-4-5-12)24-15-11-26-16(23-15)6-7-17(25-26)29-14-3-1-2-13(10-14)22-19(28)20-21-8-9-30-20/h1-3,6-7,10-12H,4-5,8-9H2,(H,22,28)(H,24,27). The zero-order chi connectivity index (χ0) is 20.5. The minimum absolute atomic E-state index is 0.00397. The molecule has 0 spiro atoms. The monoisotopic (exact) mass is 422 g/mol. The van der Waals surface area contributed by atoms with Crippen LogP contribution < -0.4 is 15.4 Å². The number of imidazole rings is 1. The van der Waals surface area contributed by atoms with Crippen LogP contribution in [0.15, 0.2) is 47.6 Å². The topological polar surface area (TPSA) is 110 Å². The van der Waals surface area contributed by atoms with E-state index in [1.54, 1.807) is 47.1 Å². The number of carbonyl (C=O) groups excluding carboxylic acids is 2. The van der Waals surface area contributed by atoms with E-state index in [1.165, 1.54) is 11.8 Å². The van der Waals surface area contributed by atoms with Crippen molar-refractivity contribution in [1.82, 2.24) is 14.6 Å². The molecule has 5 rings (SSSR count). The van der Waals surface area contributed by atoms with Crippen LogP contribution in [0.25, 0.3) is 5.65 Å². The highest BCUT2D eigenvalue weighted by molar-refractivity contribution is 8.16. The Morgan fingerprint density at radius 3 is 2.87 bits per heavy atom. The molecule has 0 radical (unpaired) electrons. The fourth-order valence-corrected chi connectivity index (χ4v) is 3.71. The van der Waals surface area contributed by atoms with Crippen LogP contribution in [0.3, 0.4) is 0 Å². The molecule has 0 saturated heterocycles. The van der Waals surface area contributed by atoms with E-state index >= 15 is 0 Å². The van der Waals surface area contributed by atoms with Gasteiger partial charge in [-0.05, 0) is 31.0 Å². The second kappa shape index (κ2) is 7.79. The third-order valence-electron chi connectivity index (χ3n) is 4.59. The molecule has 0 atom stereocenters. The van der Waals surface area contributed by atoms with Gasteiger partial charge < -0.3 is 15.4 Å². The Morgan fingerprint density at radius 2 is 2.07 bits per heavy atom.